The first-order valence-electron chi connectivity index (χ1n) is 6.56. The lowest BCUT2D eigenvalue weighted by Crippen LogP contribution is -2.48. The molecule has 3 N–H and O–H groups in total. The minimum Gasteiger partial charge on any atom is -0.326 e. The van der Waals surface area contributed by atoms with Crippen LogP contribution in [0.3, 0.4) is 0 Å². The van der Waals surface area contributed by atoms with Crippen molar-refractivity contribution in [1.82, 2.24) is 5.32 Å². The van der Waals surface area contributed by atoms with Gasteiger partial charge in [0.25, 0.3) is 0 Å². The van der Waals surface area contributed by atoms with Gasteiger partial charge in [-0.15, -0.1) is 0 Å². The first kappa shape index (κ1) is 14.5. The van der Waals surface area contributed by atoms with Gasteiger partial charge in [-0.25, -0.2) is 4.39 Å². The fraction of sp³-hybridized carbons (Fsp3) is 0.429. The Morgan fingerprint density at radius 2 is 2.05 bits per heavy atom. The molecule has 1 aromatic rings. The predicted octanol–water partition coefficient (Wildman–Crippen LogP) is 1.58. The molecule has 0 saturated carbocycles. The lowest BCUT2D eigenvalue weighted by Gasteiger charge is -2.31. The van der Waals surface area contributed by atoms with Gasteiger partial charge in [0.15, 0.2) is 0 Å². The van der Waals surface area contributed by atoms with E-state index in [4.69, 9.17) is 0 Å². The molecular weight excluding hydrogens is 261 g/mol. The number of rotatable bonds is 4. The molecule has 0 spiro atoms. The lowest BCUT2D eigenvalue weighted by atomic mass is 9.88. The standard InChI is InChI=1S/C14H18FN3O2/c1-8(10-6-16-7-10)14(20)18-11-3-4-12(15)13(5-11)17-9(2)19/h3-5,8,10,16H,6-7H2,1-2H3,(H,17,19)(H,18,20). The van der Waals surface area contributed by atoms with Gasteiger partial charge in [0.05, 0.1) is 5.69 Å². The van der Waals surface area contributed by atoms with Crippen molar-refractivity contribution < 1.29 is 14.0 Å². The fourth-order valence-electron chi connectivity index (χ4n) is 2.02. The monoisotopic (exact) mass is 279 g/mol. The minimum absolute atomic E-state index is 0.0632. The maximum atomic E-state index is 13.5. The Bertz CT molecular complexity index is 529. The number of benzene rings is 1. The van der Waals surface area contributed by atoms with Crippen LogP contribution >= 0.6 is 0 Å². The molecule has 0 aliphatic carbocycles. The first-order chi connectivity index (χ1) is 9.47. The summed E-state index contributed by atoms with van der Waals surface area (Å²) in [5.41, 5.74) is 0.535. The maximum absolute atomic E-state index is 13.5. The highest BCUT2D eigenvalue weighted by molar-refractivity contribution is 5.94. The Morgan fingerprint density at radius 1 is 1.35 bits per heavy atom. The molecule has 1 atom stereocenters. The SMILES string of the molecule is CC(=O)Nc1cc(NC(=O)C(C)C2CNC2)ccc1F. The average molecular weight is 279 g/mol. The van der Waals surface area contributed by atoms with Gasteiger partial charge in [-0.1, -0.05) is 6.92 Å². The van der Waals surface area contributed by atoms with Crippen LogP contribution in [-0.4, -0.2) is 24.9 Å². The third-order valence-corrected chi connectivity index (χ3v) is 3.48. The van der Waals surface area contributed by atoms with E-state index in [1.54, 1.807) is 0 Å². The van der Waals surface area contributed by atoms with E-state index in [2.05, 4.69) is 16.0 Å². The smallest absolute Gasteiger partial charge is 0.227 e. The van der Waals surface area contributed by atoms with Gasteiger partial charge in [0.2, 0.25) is 11.8 Å². The molecule has 1 aromatic carbocycles. The summed E-state index contributed by atoms with van der Waals surface area (Å²) in [6, 6.07) is 4.11. The molecule has 2 rings (SSSR count). The first-order valence-corrected chi connectivity index (χ1v) is 6.56. The summed E-state index contributed by atoms with van der Waals surface area (Å²) in [4.78, 5) is 23.0. The van der Waals surface area contributed by atoms with E-state index in [-0.39, 0.29) is 23.4 Å². The van der Waals surface area contributed by atoms with Crippen LogP contribution < -0.4 is 16.0 Å². The number of anilines is 2. The Kier molecular flexibility index (Phi) is 4.34. The normalized spacial score (nSPS) is 16.1. The Balaban J connectivity index is 2.05. The topological polar surface area (TPSA) is 70.2 Å². The van der Waals surface area contributed by atoms with Crippen molar-refractivity contribution in [2.75, 3.05) is 23.7 Å². The molecule has 2 amide bonds. The van der Waals surface area contributed by atoms with Gasteiger partial charge in [-0.05, 0) is 37.2 Å². The van der Waals surface area contributed by atoms with Crippen LogP contribution in [0.15, 0.2) is 18.2 Å². The fourth-order valence-corrected chi connectivity index (χ4v) is 2.02. The van der Waals surface area contributed by atoms with Gasteiger partial charge in [0.1, 0.15) is 5.82 Å². The van der Waals surface area contributed by atoms with Gasteiger partial charge in [0, 0.05) is 18.5 Å². The van der Waals surface area contributed by atoms with Crippen molar-refractivity contribution in [1.29, 1.82) is 0 Å². The van der Waals surface area contributed by atoms with E-state index < -0.39 is 5.82 Å². The van der Waals surface area contributed by atoms with Gasteiger partial charge in [-0.2, -0.15) is 0 Å². The minimum atomic E-state index is -0.533. The van der Waals surface area contributed by atoms with E-state index in [1.165, 1.54) is 25.1 Å². The average Bonchev–Trinajstić information content (AvgIpc) is 2.30. The number of nitrogens with one attached hydrogen (secondary N) is 3. The molecular formula is C14H18FN3O2. The zero-order valence-corrected chi connectivity index (χ0v) is 11.5. The van der Waals surface area contributed by atoms with E-state index >= 15 is 0 Å². The Morgan fingerprint density at radius 3 is 2.60 bits per heavy atom. The van der Waals surface area contributed by atoms with Crippen LogP contribution in [0.1, 0.15) is 13.8 Å². The number of hydrogen-bond acceptors (Lipinski definition) is 3. The van der Waals surface area contributed by atoms with Crippen molar-refractivity contribution in [3.63, 3.8) is 0 Å². The van der Waals surface area contributed by atoms with Crippen LogP contribution in [0.5, 0.6) is 0 Å². The van der Waals surface area contributed by atoms with Gasteiger partial charge >= 0.3 is 0 Å². The quantitative estimate of drug-likeness (QED) is 0.783. The van der Waals surface area contributed by atoms with Gasteiger partial charge in [-0.3, -0.25) is 9.59 Å². The van der Waals surface area contributed by atoms with Crippen molar-refractivity contribution >= 4 is 23.2 Å². The van der Waals surface area contributed by atoms with Crippen LogP contribution in [0.4, 0.5) is 15.8 Å². The van der Waals surface area contributed by atoms with Crippen molar-refractivity contribution in [3.8, 4) is 0 Å². The van der Waals surface area contributed by atoms with Crippen LogP contribution in [0, 0.1) is 17.7 Å². The number of carbonyl (C=O) groups is 2. The molecule has 1 saturated heterocycles. The summed E-state index contributed by atoms with van der Waals surface area (Å²) in [5, 5.41) is 8.25. The van der Waals surface area contributed by atoms with Crippen LogP contribution in [-0.2, 0) is 9.59 Å². The molecule has 0 aromatic heterocycles. The number of amides is 2. The molecule has 1 aliphatic heterocycles. The van der Waals surface area contributed by atoms with E-state index in [0.717, 1.165) is 13.1 Å². The molecule has 1 aliphatic rings. The zero-order valence-electron chi connectivity index (χ0n) is 11.5. The summed E-state index contributed by atoms with van der Waals surface area (Å²) in [6.07, 6.45) is 0. The number of carbonyl (C=O) groups excluding carboxylic acids is 2. The summed E-state index contributed by atoms with van der Waals surface area (Å²) in [5.74, 6) is -0.761. The van der Waals surface area contributed by atoms with Crippen LogP contribution in [0.25, 0.3) is 0 Å². The molecule has 108 valence electrons. The third-order valence-electron chi connectivity index (χ3n) is 3.48. The second-order valence-electron chi connectivity index (χ2n) is 5.07. The Labute approximate surface area is 116 Å². The Hall–Kier alpha value is -1.95. The van der Waals surface area contributed by atoms with Gasteiger partial charge < -0.3 is 16.0 Å². The van der Waals surface area contributed by atoms with Crippen molar-refractivity contribution in [2.24, 2.45) is 11.8 Å². The van der Waals surface area contributed by atoms with Crippen LogP contribution in [0.2, 0.25) is 0 Å². The third kappa shape index (κ3) is 3.33. The number of hydrogen-bond donors (Lipinski definition) is 3. The number of halogens is 1. The second kappa shape index (κ2) is 6.00. The summed E-state index contributed by atoms with van der Waals surface area (Å²) >= 11 is 0. The largest absolute Gasteiger partial charge is 0.326 e. The summed E-state index contributed by atoms with van der Waals surface area (Å²) in [6.45, 7) is 4.86. The highest BCUT2D eigenvalue weighted by Gasteiger charge is 2.28. The molecule has 5 nitrogen and oxygen atoms in total. The summed E-state index contributed by atoms with van der Waals surface area (Å²) < 4.78 is 13.5. The second-order valence-corrected chi connectivity index (χ2v) is 5.07. The predicted molar refractivity (Wildman–Crippen MR) is 74.9 cm³/mol. The molecule has 1 fully saturated rings. The van der Waals surface area contributed by atoms with Crippen molar-refractivity contribution in [3.05, 3.63) is 24.0 Å². The van der Waals surface area contributed by atoms with Crippen molar-refractivity contribution in [2.45, 2.75) is 13.8 Å². The highest BCUT2D eigenvalue weighted by atomic mass is 19.1. The molecule has 20 heavy (non-hydrogen) atoms. The molecule has 0 bridgehead atoms. The highest BCUT2D eigenvalue weighted by Crippen LogP contribution is 2.22. The summed E-state index contributed by atoms with van der Waals surface area (Å²) in [7, 11) is 0. The lowest BCUT2D eigenvalue weighted by molar-refractivity contribution is -0.121. The molecule has 6 heteroatoms. The van der Waals surface area contributed by atoms with E-state index in [1.807, 2.05) is 6.92 Å². The molecule has 0 radical (unpaired) electrons. The zero-order chi connectivity index (χ0) is 14.7. The van der Waals surface area contributed by atoms with E-state index in [0.29, 0.717) is 11.6 Å². The van der Waals surface area contributed by atoms with E-state index in [9.17, 15) is 14.0 Å². The molecule has 1 heterocycles. The maximum Gasteiger partial charge on any atom is 0.227 e. The molecule has 1 unspecified atom stereocenters.